The van der Waals surface area contributed by atoms with Gasteiger partial charge < -0.3 is 29.4 Å². The second kappa shape index (κ2) is 11.3. The molecular formula is C21H28INO5. The average Bonchev–Trinajstić information content (AvgIpc) is 2.71. The first-order chi connectivity index (χ1) is 13.5. The molecule has 28 heavy (non-hydrogen) atoms. The SMILES string of the molecule is COc1ccc(I)c(OCC(O)CNC(C)Cc2ccc(OC)c(OC)c2)c1. The van der Waals surface area contributed by atoms with Crippen LogP contribution in [0.25, 0.3) is 0 Å². The second-order valence-electron chi connectivity index (χ2n) is 6.46. The van der Waals surface area contributed by atoms with Crippen LogP contribution in [0, 0.1) is 3.57 Å². The van der Waals surface area contributed by atoms with E-state index in [1.54, 1.807) is 21.3 Å². The van der Waals surface area contributed by atoms with Gasteiger partial charge in [-0.3, -0.25) is 0 Å². The van der Waals surface area contributed by atoms with Gasteiger partial charge in [0, 0.05) is 18.7 Å². The number of hydrogen-bond donors (Lipinski definition) is 2. The molecule has 0 saturated heterocycles. The molecule has 7 heteroatoms. The van der Waals surface area contributed by atoms with Crippen LogP contribution >= 0.6 is 22.6 Å². The van der Waals surface area contributed by atoms with Gasteiger partial charge >= 0.3 is 0 Å². The smallest absolute Gasteiger partial charge is 0.160 e. The van der Waals surface area contributed by atoms with Gasteiger partial charge in [-0.25, -0.2) is 0 Å². The van der Waals surface area contributed by atoms with Crippen molar-refractivity contribution in [2.45, 2.75) is 25.5 Å². The molecule has 0 saturated carbocycles. The van der Waals surface area contributed by atoms with Crippen LogP contribution in [0.2, 0.25) is 0 Å². The zero-order valence-electron chi connectivity index (χ0n) is 16.7. The molecule has 0 aliphatic heterocycles. The Bertz CT molecular complexity index is 756. The van der Waals surface area contributed by atoms with Crippen LogP contribution in [0.4, 0.5) is 0 Å². The molecule has 0 amide bonds. The first-order valence-electron chi connectivity index (χ1n) is 9.05. The van der Waals surface area contributed by atoms with E-state index in [1.165, 1.54) is 0 Å². The zero-order valence-corrected chi connectivity index (χ0v) is 18.9. The Kier molecular flexibility index (Phi) is 9.14. The summed E-state index contributed by atoms with van der Waals surface area (Å²) < 4.78 is 22.5. The van der Waals surface area contributed by atoms with Crippen molar-refractivity contribution in [3.8, 4) is 23.0 Å². The van der Waals surface area contributed by atoms with E-state index in [4.69, 9.17) is 18.9 Å². The fraction of sp³-hybridized carbons (Fsp3) is 0.429. The van der Waals surface area contributed by atoms with Crippen molar-refractivity contribution in [2.24, 2.45) is 0 Å². The molecule has 0 spiro atoms. The van der Waals surface area contributed by atoms with Crippen molar-refractivity contribution in [3.05, 3.63) is 45.5 Å². The fourth-order valence-corrected chi connectivity index (χ4v) is 3.23. The Morgan fingerprint density at radius 3 is 2.39 bits per heavy atom. The Morgan fingerprint density at radius 2 is 1.71 bits per heavy atom. The molecule has 2 atom stereocenters. The van der Waals surface area contributed by atoms with E-state index >= 15 is 0 Å². The van der Waals surface area contributed by atoms with E-state index < -0.39 is 6.10 Å². The highest BCUT2D eigenvalue weighted by Gasteiger charge is 2.12. The zero-order chi connectivity index (χ0) is 20.5. The first-order valence-corrected chi connectivity index (χ1v) is 10.1. The van der Waals surface area contributed by atoms with Gasteiger partial charge in [0.1, 0.15) is 24.2 Å². The molecule has 0 fully saturated rings. The summed E-state index contributed by atoms with van der Waals surface area (Å²) in [5, 5.41) is 13.6. The van der Waals surface area contributed by atoms with Crippen molar-refractivity contribution in [3.63, 3.8) is 0 Å². The molecule has 0 radical (unpaired) electrons. The summed E-state index contributed by atoms with van der Waals surface area (Å²) in [5.74, 6) is 2.86. The summed E-state index contributed by atoms with van der Waals surface area (Å²) in [7, 11) is 4.87. The number of aliphatic hydroxyl groups excluding tert-OH is 1. The largest absolute Gasteiger partial charge is 0.497 e. The normalized spacial score (nSPS) is 12.9. The highest BCUT2D eigenvalue weighted by Crippen LogP contribution is 2.28. The van der Waals surface area contributed by atoms with Gasteiger partial charge in [-0.05, 0) is 65.8 Å². The van der Waals surface area contributed by atoms with Gasteiger partial charge in [-0.2, -0.15) is 0 Å². The van der Waals surface area contributed by atoms with Crippen molar-refractivity contribution in [1.82, 2.24) is 5.32 Å². The van der Waals surface area contributed by atoms with Gasteiger partial charge in [0.15, 0.2) is 11.5 Å². The summed E-state index contributed by atoms with van der Waals surface area (Å²) in [6, 6.07) is 11.7. The fourth-order valence-electron chi connectivity index (χ4n) is 2.74. The van der Waals surface area contributed by atoms with Crippen LogP contribution in [-0.4, -0.2) is 51.7 Å². The number of ether oxygens (including phenoxy) is 4. The van der Waals surface area contributed by atoms with Crippen LogP contribution in [0.15, 0.2) is 36.4 Å². The average molecular weight is 501 g/mol. The van der Waals surface area contributed by atoms with E-state index in [1.807, 2.05) is 36.4 Å². The van der Waals surface area contributed by atoms with Crippen LogP contribution in [0.1, 0.15) is 12.5 Å². The van der Waals surface area contributed by atoms with E-state index in [9.17, 15) is 5.11 Å². The van der Waals surface area contributed by atoms with Crippen molar-refractivity contribution in [2.75, 3.05) is 34.5 Å². The lowest BCUT2D eigenvalue weighted by atomic mass is 10.1. The third kappa shape index (κ3) is 6.72. The second-order valence-corrected chi connectivity index (χ2v) is 7.63. The molecule has 2 unspecified atom stereocenters. The monoisotopic (exact) mass is 501 g/mol. The molecule has 0 aliphatic rings. The van der Waals surface area contributed by atoms with Crippen molar-refractivity contribution >= 4 is 22.6 Å². The summed E-state index contributed by atoms with van der Waals surface area (Å²) in [6.07, 6.45) is 0.191. The van der Waals surface area contributed by atoms with Crippen molar-refractivity contribution in [1.29, 1.82) is 0 Å². The number of methoxy groups -OCH3 is 3. The summed E-state index contributed by atoms with van der Waals surface area (Å²) in [4.78, 5) is 0. The molecule has 2 aromatic rings. The third-order valence-electron chi connectivity index (χ3n) is 4.26. The Labute approximate surface area is 180 Å². The molecule has 0 heterocycles. The summed E-state index contributed by atoms with van der Waals surface area (Å²) in [6.45, 7) is 2.73. The minimum atomic E-state index is -0.616. The molecule has 2 rings (SSSR count). The molecule has 0 aromatic heterocycles. The Balaban J connectivity index is 1.80. The molecule has 2 aromatic carbocycles. The highest BCUT2D eigenvalue weighted by molar-refractivity contribution is 14.1. The first kappa shape index (κ1) is 22.6. The van der Waals surface area contributed by atoms with E-state index in [2.05, 4.69) is 34.8 Å². The number of benzene rings is 2. The molecule has 0 aliphatic carbocycles. The predicted molar refractivity (Wildman–Crippen MR) is 118 cm³/mol. The minimum Gasteiger partial charge on any atom is -0.497 e. The maximum absolute atomic E-state index is 10.2. The Hall–Kier alpha value is -1.71. The van der Waals surface area contributed by atoms with Crippen LogP contribution in [0.3, 0.4) is 0 Å². The molecule has 0 bridgehead atoms. The summed E-state index contributed by atoms with van der Waals surface area (Å²) in [5.41, 5.74) is 1.13. The van der Waals surface area contributed by atoms with Crippen molar-refractivity contribution < 1.29 is 24.1 Å². The summed E-state index contributed by atoms with van der Waals surface area (Å²) >= 11 is 2.20. The van der Waals surface area contributed by atoms with E-state index in [0.29, 0.717) is 23.8 Å². The van der Waals surface area contributed by atoms with E-state index in [-0.39, 0.29) is 12.6 Å². The number of aliphatic hydroxyl groups is 1. The van der Waals surface area contributed by atoms with E-state index in [0.717, 1.165) is 21.3 Å². The molecule has 2 N–H and O–H groups in total. The number of rotatable bonds is 11. The van der Waals surface area contributed by atoms with Crippen LogP contribution < -0.4 is 24.3 Å². The van der Waals surface area contributed by atoms with Crippen LogP contribution in [-0.2, 0) is 6.42 Å². The molecular weight excluding hydrogens is 473 g/mol. The van der Waals surface area contributed by atoms with Gasteiger partial charge in [0.2, 0.25) is 0 Å². The van der Waals surface area contributed by atoms with Gasteiger partial charge in [0.25, 0.3) is 0 Å². The maximum atomic E-state index is 10.2. The lowest BCUT2D eigenvalue weighted by molar-refractivity contribution is 0.103. The van der Waals surface area contributed by atoms with Gasteiger partial charge in [0.05, 0.1) is 24.9 Å². The minimum absolute atomic E-state index is 0.185. The molecule has 6 nitrogen and oxygen atoms in total. The maximum Gasteiger partial charge on any atom is 0.160 e. The standard InChI is InChI=1S/C21H28INO5/c1-14(9-15-5-8-19(26-3)21(10-15)27-4)23-12-16(24)13-28-20-11-17(25-2)6-7-18(20)22/h5-8,10-11,14,16,23-24H,9,12-13H2,1-4H3. The number of halogens is 1. The third-order valence-corrected chi connectivity index (χ3v) is 5.15. The quantitative estimate of drug-likeness (QED) is 0.461. The molecule has 154 valence electrons. The van der Waals surface area contributed by atoms with Gasteiger partial charge in [-0.15, -0.1) is 0 Å². The number of nitrogens with one attached hydrogen (secondary N) is 1. The Morgan fingerprint density at radius 1 is 0.964 bits per heavy atom. The van der Waals surface area contributed by atoms with Gasteiger partial charge in [-0.1, -0.05) is 6.07 Å². The highest BCUT2D eigenvalue weighted by atomic mass is 127. The number of hydrogen-bond acceptors (Lipinski definition) is 6. The lowest BCUT2D eigenvalue weighted by Gasteiger charge is -2.19. The van der Waals surface area contributed by atoms with Crippen LogP contribution in [0.5, 0.6) is 23.0 Å². The topological polar surface area (TPSA) is 69.2 Å². The lowest BCUT2D eigenvalue weighted by Crippen LogP contribution is -2.37. The predicted octanol–water partition coefficient (Wildman–Crippen LogP) is 3.28.